The van der Waals surface area contributed by atoms with Crippen molar-refractivity contribution in [3.8, 4) is 0 Å². The van der Waals surface area contributed by atoms with E-state index in [-0.39, 0.29) is 0 Å². The summed E-state index contributed by atoms with van der Waals surface area (Å²) < 4.78 is 5.31. The van der Waals surface area contributed by atoms with Gasteiger partial charge in [0, 0.05) is 9.37 Å². The molecule has 4 heteroatoms. The first-order valence-electron chi connectivity index (χ1n) is 4.68. The van der Waals surface area contributed by atoms with Crippen molar-refractivity contribution in [2.45, 2.75) is 18.7 Å². The second kappa shape index (κ2) is 10.1. The van der Waals surface area contributed by atoms with Crippen LogP contribution in [0.5, 0.6) is 0 Å². The molecule has 84 valence electrons. The number of hydrogen-bond acceptors (Lipinski definition) is 3. The first kappa shape index (κ1) is 14.5. The topological polar surface area (TPSA) is 26.3 Å². The summed E-state index contributed by atoms with van der Waals surface area (Å²) in [6.45, 7) is 4.82. The highest BCUT2D eigenvalue weighted by molar-refractivity contribution is 9.10. The van der Waals surface area contributed by atoms with Crippen molar-refractivity contribution in [1.82, 2.24) is 0 Å². The van der Waals surface area contributed by atoms with Gasteiger partial charge >= 0.3 is 0 Å². The first-order chi connectivity index (χ1) is 7.24. The van der Waals surface area contributed by atoms with Gasteiger partial charge in [0.1, 0.15) is 0 Å². The number of ether oxygens (including phenoxy) is 1. The fourth-order valence-corrected chi connectivity index (χ4v) is 2.06. The lowest BCUT2D eigenvalue weighted by Crippen LogP contribution is -1.80. The van der Waals surface area contributed by atoms with Crippen molar-refractivity contribution in [3.63, 3.8) is 0 Å². The fraction of sp³-hybridized carbons (Fsp3) is 0.364. The van der Waals surface area contributed by atoms with E-state index < -0.39 is 0 Å². The van der Waals surface area contributed by atoms with Gasteiger partial charge in [0.05, 0.1) is 6.61 Å². The summed E-state index contributed by atoms with van der Waals surface area (Å²) in [6, 6.07) is 8.36. The van der Waals surface area contributed by atoms with E-state index in [2.05, 4.69) is 45.8 Å². The maximum Gasteiger partial charge on any atom is 0.293 e. The molecule has 0 aliphatic carbocycles. The SMILES string of the molecule is CCOC=O.CCSc1cccc(Br)c1. The number of hydrogen-bond donors (Lipinski definition) is 0. The second-order valence-corrected chi connectivity index (χ2v) is 4.70. The molecule has 0 fully saturated rings. The van der Waals surface area contributed by atoms with E-state index in [0.717, 1.165) is 10.2 Å². The Balaban J connectivity index is 0.000000336. The minimum Gasteiger partial charge on any atom is -0.468 e. The summed E-state index contributed by atoms with van der Waals surface area (Å²) in [5, 5.41) is 0. The minimum atomic E-state index is 0.431. The maximum absolute atomic E-state index is 9.18. The molecule has 1 aromatic rings. The van der Waals surface area contributed by atoms with Crippen molar-refractivity contribution < 1.29 is 9.53 Å². The third-order valence-electron chi connectivity index (χ3n) is 1.34. The molecule has 0 atom stereocenters. The van der Waals surface area contributed by atoms with E-state index in [0.29, 0.717) is 13.1 Å². The minimum absolute atomic E-state index is 0.431. The van der Waals surface area contributed by atoms with E-state index in [4.69, 9.17) is 0 Å². The predicted octanol–water partition coefficient (Wildman–Crippen LogP) is 3.74. The Bertz CT molecular complexity index is 279. The van der Waals surface area contributed by atoms with E-state index in [1.165, 1.54) is 4.90 Å². The summed E-state index contributed by atoms with van der Waals surface area (Å²) >= 11 is 5.28. The van der Waals surface area contributed by atoms with E-state index in [1.54, 1.807) is 6.92 Å². The Morgan fingerprint density at radius 3 is 2.60 bits per heavy atom. The van der Waals surface area contributed by atoms with Crippen LogP contribution in [-0.4, -0.2) is 18.8 Å². The smallest absolute Gasteiger partial charge is 0.293 e. The van der Waals surface area contributed by atoms with Crippen LogP contribution in [0.15, 0.2) is 33.6 Å². The van der Waals surface area contributed by atoms with Crippen molar-refractivity contribution in [2.75, 3.05) is 12.4 Å². The second-order valence-electron chi connectivity index (χ2n) is 2.44. The highest BCUT2D eigenvalue weighted by Crippen LogP contribution is 2.20. The Kier molecular flexibility index (Phi) is 9.73. The molecular formula is C11H15BrO2S. The average Bonchev–Trinajstić information content (AvgIpc) is 2.20. The van der Waals surface area contributed by atoms with Crippen LogP contribution in [0, 0.1) is 0 Å². The molecule has 0 amide bonds. The average molecular weight is 291 g/mol. The number of rotatable bonds is 4. The van der Waals surface area contributed by atoms with Crippen LogP contribution in [0.25, 0.3) is 0 Å². The molecule has 0 radical (unpaired) electrons. The molecule has 0 saturated carbocycles. The monoisotopic (exact) mass is 290 g/mol. The van der Waals surface area contributed by atoms with Crippen molar-refractivity contribution in [2.24, 2.45) is 0 Å². The quantitative estimate of drug-likeness (QED) is 0.624. The van der Waals surface area contributed by atoms with Crippen LogP contribution < -0.4 is 0 Å². The van der Waals surface area contributed by atoms with Crippen LogP contribution in [-0.2, 0) is 9.53 Å². The summed E-state index contributed by atoms with van der Waals surface area (Å²) in [4.78, 5) is 10.5. The standard InChI is InChI=1S/C8H9BrS.C3H6O2/c1-2-10-8-5-3-4-7(9)6-8;1-2-5-3-4/h3-6H,2H2,1H3;3H,2H2,1H3. The van der Waals surface area contributed by atoms with Gasteiger partial charge in [0.15, 0.2) is 0 Å². The number of carbonyl (C=O) groups excluding carboxylic acids is 1. The fourth-order valence-electron chi connectivity index (χ4n) is 0.791. The number of thioether (sulfide) groups is 1. The molecule has 1 aromatic carbocycles. The zero-order valence-electron chi connectivity index (χ0n) is 8.90. The molecule has 0 saturated heterocycles. The van der Waals surface area contributed by atoms with E-state index in [1.807, 2.05) is 17.8 Å². The molecule has 1 rings (SSSR count). The summed E-state index contributed by atoms with van der Waals surface area (Å²) in [6.07, 6.45) is 0. The first-order valence-corrected chi connectivity index (χ1v) is 6.46. The van der Waals surface area contributed by atoms with Crippen LogP contribution >= 0.6 is 27.7 Å². The third kappa shape index (κ3) is 8.51. The molecular weight excluding hydrogens is 276 g/mol. The Morgan fingerprint density at radius 1 is 1.47 bits per heavy atom. The highest BCUT2D eigenvalue weighted by Gasteiger charge is 1.90. The number of benzene rings is 1. The third-order valence-corrected chi connectivity index (χ3v) is 2.71. The molecule has 0 N–H and O–H groups in total. The number of carbonyl (C=O) groups is 1. The Labute approximate surface area is 104 Å². The summed E-state index contributed by atoms with van der Waals surface area (Å²) in [5.41, 5.74) is 0. The van der Waals surface area contributed by atoms with Gasteiger partial charge < -0.3 is 4.74 Å². The lowest BCUT2D eigenvalue weighted by molar-refractivity contribution is -0.128. The zero-order chi connectivity index (χ0) is 11.5. The molecule has 0 aliphatic rings. The molecule has 0 unspecified atom stereocenters. The molecule has 2 nitrogen and oxygen atoms in total. The van der Waals surface area contributed by atoms with Gasteiger partial charge in [0.25, 0.3) is 6.47 Å². The van der Waals surface area contributed by atoms with E-state index >= 15 is 0 Å². The van der Waals surface area contributed by atoms with Gasteiger partial charge in [-0.05, 0) is 30.9 Å². The molecule has 0 aliphatic heterocycles. The molecule has 15 heavy (non-hydrogen) atoms. The zero-order valence-corrected chi connectivity index (χ0v) is 11.3. The van der Waals surface area contributed by atoms with Crippen molar-refractivity contribution in [3.05, 3.63) is 28.7 Å². The lowest BCUT2D eigenvalue weighted by Gasteiger charge is -1.96. The van der Waals surface area contributed by atoms with E-state index in [9.17, 15) is 4.79 Å². The highest BCUT2D eigenvalue weighted by atomic mass is 79.9. The van der Waals surface area contributed by atoms with Crippen LogP contribution in [0.4, 0.5) is 0 Å². The van der Waals surface area contributed by atoms with Crippen LogP contribution in [0.3, 0.4) is 0 Å². The predicted molar refractivity (Wildman–Crippen MR) is 68.2 cm³/mol. The van der Waals surface area contributed by atoms with Crippen LogP contribution in [0.2, 0.25) is 0 Å². The normalized spacial score (nSPS) is 8.73. The summed E-state index contributed by atoms with van der Waals surface area (Å²) in [5.74, 6) is 1.14. The Hall–Kier alpha value is -0.480. The molecule has 0 heterocycles. The lowest BCUT2D eigenvalue weighted by atomic mass is 10.4. The van der Waals surface area contributed by atoms with Gasteiger partial charge in [-0.3, -0.25) is 4.79 Å². The van der Waals surface area contributed by atoms with Gasteiger partial charge in [-0.25, -0.2) is 0 Å². The van der Waals surface area contributed by atoms with Crippen molar-refractivity contribution in [1.29, 1.82) is 0 Å². The van der Waals surface area contributed by atoms with Crippen LogP contribution in [0.1, 0.15) is 13.8 Å². The Morgan fingerprint density at radius 2 is 2.20 bits per heavy atom. The largest absolute Gasteiger partial charge is 0.468 e. The van der Waals surface area contributed by atoms with Gasteiger partial charge in [-0.1, -0.05) is 28.9 Å². The number of halogens is 1. The van der Waals surface area contributed by atoms with Crippen molar-refractivity contribution >= 4 is 34.2 Å². The van der Waals surface area contributed by atoms with Gasteiger partial charge in [0.2, 0.25) is 0 Å². The summed E-state index contributed by atoms with van der Waals surface area (Å²) in [7, 11) is 0. The van der Waals surface area contributed by atoms with Gasteiger partial charge in [-0.15, -0.1) is 11.8 Å². The molecule has 0 aromatic heterocycles. The molecule has 0 bridgehead atoms. The van der Waals surface area contributed by atoms with Gasteiger partial charge in [-0.2, -0.15) is 0 Å². The maximum atomic E-state index is 9.18. The molecule has 0 spiro atoms.